The van der Waals surface area contributed by atoms with Crippen molar-refractivity contribution < 1.29 is 14.7 Å². The van der Waals surface area contributed by atoms with E-state index in [1.54, 1.807) is 0 Å². The van der Waals surface area contributed by atoms with Crippen molar-refractivity contribution >= 4 is 11.9 Å². The fourth-order valence-electron chi connectivity index (χ4n) is 2.53. The van der Waals surface area contributed by atoms with E-state index < -0.39 is 5.97 Å². The molecule has 4 nitrogen and oxygen atoms in total. The van der Waals surface area contributed by atoms with E-state index in [-0.39, 0.29) is 12.3 Å². The van der Waals surface area contributed by atoms with Crippen LogP contribution in [0.1, 0.15) is 37.2 Å². The Morgan fingerprint density at radius 2 is 1.95 bits per heavy atom. The number of amides is 1. The zero-order valence-corrected chi connectivity index (χ0v) is 10.9. The minimum absolute atomic E-state index is 0.0711. The van der Waals surface area contributed by atoms with Crippen LogP contribution in [0.3, 0.4) is 0 Å². The lowest BCUT2D eigenvalue weighted by Crippen LogP contribution is -2.28. The van der Waals surface area contributed by atoms with Crippen LogP contribution in [0.25, 0.3) is 0 Å². The van der Waals surface area contributed by atoms with E-state index in [0.29, 0.717) is 18.8 Å². The van der Waals surface area contributed by atoms with Crippen molar-refractivity contribution in [2.75, 3.05) is 13.1 Å². The molecule has 0 bridgehead atoms. The van der Waals surface area contributed by atoms with Gasteiger partial charge in [-0.3, -0.25) is 9.59 Å². The Bertz CT molecular complexity index is 444. The summed E-state index contributed by atoms with van der Waals surface area (Å²) in [7, 11) is 0. The molecular formula is C15H19NO3. The number of hydrogen-bond donors (Lipinski definition) is 1. The first-order chi connectivity index (χ1) is 9.16. The fraction of sp³-hybridized carbons (Fsp3) is 0.467. The van der Waals surface area contributed by atoms with Gasteiger partial charge in [0, 0.05) is 31.8 Å². The van der Waals surface area contributed by atoms with Gasteiger partial charge in [0.15, 0.2) is 0 Å². The molecule has 4 heteroatoms. The second kappa shape index (κ2) is 6.36. The quantitative estimate of drug-likeness (QED) is 0.884. The van der Waals surface area contributed by atoms with Gasteiger partial charge in [0.1, 0.15) is 0 Å². The fourth-order valence-corrected chi connectivity index (χ4v) is 2.53. The molecule has 2 rings (SSSR count). The molecule has 1 aromatic carbocycles. The third kappa shape index (κ3) is 3.81. The Balaban J connectivity index is 1.81. The normalized spacial score (nSPS) is 18.5. The number of nitrogens with zero attached hydrogens (tertiary/aromatic N) is 1. The summed E-state index contributed by atoms with van der Waals surface area (Å²) in [6, 6.07) is 10.2. The number of carboxylic acid groups (broad SMARTS) is 1. The molecular weight excluding hydrogens is 242 g/mol. The molecule has 1 N–H and O–H groups in total. The second-order valence-corrected chi connectivity index (χ2v) is 4.98. The average molecular weight is 261 g/mol. The van der Waals surface area contributed by atoms with Crippen LogP contribution in [0.2, 0.25) is 0 Å². The Morgan fingerprint density at radius 3 is 2.63 bits per heavy atom. The van der Waals surface area contributed by atoms with Gasteiger partial charge in [0.2, 0.25) is 5.91 Å². The van der Waals surface area contributed by atoms with Gasteiger partial charge in [0.05, 0.1) is 0 Å². The molecule has 102 valence electrons. The highest BCUT2D eigenvalue weighted by Gasteiger charge is 2.26. The lowest BCUT2D eigenvalue weighted by Gasteiger charge is -2.16. The molecule has 0 aromatic heterocycles. The minimum atomic E-state index is -0.837. The maximum Gasteiger partial charge on any atom is 0.303 e. The van der Waals surface area contributed by atoms with Crippen LogP contribution in [-0.2, 0) is 9.59 Å². The third-order valence-corrected chi connectivity index (χ3v) is 3.59. The first kappa shape index (κ1) is 13.6. The van der Waals surface area contributed by atoms with Crippen molar-refractivity contribution in [2.24, 2.45) is 0 Å². The molecule has 0 saturated carbocycles. The van der Waals surface area contributed by atoms with Crippen molar-refractivity contribution in [3.63, 3.8) is 0 Å². The summed E-state index contributed by atoms with van der Waals surface area (Å²) < 4.78 is 0. The van der Waals surface area contributed by atoms with E-state index in [4.69, 9.17) is 5.11 Å². The summed E-state index contributed by atoms with van der Waals surface area (Å²) in [5.41, 5.74) is 1.28. The molecule has 1 fully saturated rings. The Morgan fingerprint density at radius 1 is 1.21 bits per heavy atom. The van der Waals surface area contributed by atoms with Crippen molar-refractivity contribution in [3.05, 3.63) is 35.9 Å². The summed E-state index contributed by atoms with van der Waals surface area (Å²) in [6.07, 6.45) is 1.84. The summed E-state index contributed by atoms with van der Waals surface area (Å²) in [6.45, 7) is 1.54. The lowest BCUT2D eigenvalue weighted by molar-refractivity contribution is -0.137. The van der Waals surface area contributed by atoms with Crippen molar-refractivity contribution in [2.45, 2.75) is 31.6 Å². The predicted molar refractivity (Wildman–Crippen MR) is 71.9 cm³/mol. The number of likely N-dealkylation sites (tertiary alicyclic amines) is 1. The van der Waals surface area contributed by atoms with Crippen LogP contribution in [0.4, 0.5) is 0 Å². The average Bonchev–Trinajstić information content (AvgIpc) is 2.89. The topological polar surface area (TPSA) is 57.6 Å². The maximum atomic E-state index is 11.9. The molecule has 1 saturated heterocycles. The van der Waals surface area contributed by atoms with Crippen molar-refractivity contribution in [1.29, 1.82) is 0 Å². The summed E-state index contributed by atoms with van der Waals surface area (Å²) in [5, 5.41) is 8.56. The zero-order chi connectivity index (χ0) is 13.7. The van der Waals surface area contributed by atoms with E-state index >= 15 is 0 Å². The number of aliphatic carboxylic acids is 1. The molecule has 1 atom stereocenters. The highest BCUT2D eigenvalue weighted by molar-refractivity contribution is 5.77. The number of carbonyl (C=O) groups excluding carboxylic acids is 1. The van der Waals surface area contributed by atoms with E-state index in [1.807, 2.05) is 23.1 Å². The number of hydrogen-bond acceptors (Lipinski definition) is 2. The molecule has 1 aliphatic rings. The Labute approximate surface area is 113 Å². The van der Waals surface area contributed by atoms with E-state index in [2.05, 4.69) is 12.1 Å². The van der Waals surface area contributed by atoms with Crippen LogP contribution in [0, 0.1) is 0 Å². The van der Waals surface area contributed by atoms with Gasteiger partial charge in [-0.25, -0.2) is 0 Å². The summed E-state index contributed by atoms with van der Waals surface area (Å²) >= 11 is 0. The Hall–Kier alpha value is -1.84. The van der Waals surface area contributed by atoms with Crippen LogP contribution in [0.5, 0.6) is 0 Å². The van der Waals surface area contributed by atoms with E-state index in [1.165, 1.54) is 5.56 Å². The van der Waals surface area contributed by atoms with Gasteiger partial charge in [-0.1, -0.05) is 30.3 Å². The number of benzene rings is 1. The van der Waals surface area contributed by atoms with Gasteiger partial charge >= 0.3 is 5.97 Å². The van der Waals surface area contributed by atoms with Gasteiger partial charge in [-0.2, -0.15) is 0 Å². The molecule has 1 aliphatic heterocycles. The highest BCUT2D eigenvalue weighted by atomic mass is 16.4. The summed E-state index contributed by atoms with van der Waals surface area (Å²) in [4.78, 5) is 24.2. The third-order valence-electron chi connectivity index (χ3n) is 3.59. The van der Waals surface area contributed by atoms with Crippen LogP contribution in [0.15, 0.2) is 30.3 Å². The standard InChI is InChI=1S/C15H19NO3/c17-14(7-4-8-15(18)19)16-10-9-13(11-16)12-5-2-1-3-6-12/h1-3,5-6,13H,4,7-11H2,(H,18,19). The molecule has 1 aromatic rings. The van der Waals surface area contributed by atoms with Gasteiger partial charge < -0.3 is 10.0 Å². The predicted octanol–water partition coefficient (Wildman–Crippen LogP) is 2.26. The van der Waals surface area contributed by atoms with Gasteiger partial charge in [-0.05, 0) is 18.4 Å². The van der Waals surface area contributed by atoms with Gasteiger partial charge in [-0.15, -0.1) is 0 Å². The van der Waals surface area contributed by atoms with Crippen molar-refractivity contribution in [3.8, 4) is 0 Å². The molecule has 0 radical (unpaired) electrons. The lowest BCUT2D eigenvalue weighted by atomic mass is 9.99. The largest absolute Gasteiger partial charge is 0.481 e. The molecule has 19 heavy (non-hydrogen) atoms. The number of carbonyl (C=O) groups is 2. The SMILES string of the molecule is O=C(O)CCCC(=O)N1CCC(c2ccccc2)C1. The molecule has 0 spiro atoms. The second-order valence-electron chi connectivity index (χ2n) is 4.98. The smallest absolute Gasteiger partial charge is 0.303 e. The monoisotopic (exact) mass is 261 g/mol. The highest BCUT2D eigenvalue weighted by Crippen LogP contribution is 2.27. The molecule has 0 aliphatic carbocycles. The number of carboxylic acids is 1. The van der Waals surface area contributed by atoms with E-state index in [9.17, 15) is 9.59 Å². The zero-order valence-electron chi connectivity index (χ0n) is 10.9. The van der Waals surface area contributed by atoms with Crippen molar-refractivity contribution in [1.82, 2.24) is 4.90 Å². The van der Waals surface area contributed by atoms with Crippen LogP contribution >= 0.6 is 0 Å². The first-order valence-corrected chi connectivity index (χ1v) is 6.71. The summed E-state index contributed by atoms with van der Waals surface area (Å²) in [5.74, 6) is -0.333. The Kier molecular flexibility index (Phi) is 4.55. The van der Waals surface area contributed by atoms with Crippen LogP contribution in [-0.4, -0.2) is 35.0 Å². The van der Waals surface area contributed by atoms with Crippen LogP contribution < -0.4 is 0 Å². The minimum Gasteiger partial charge on any atom is -0.481 e. The first-order valence-electron chi connectivity index (χ1n) is 6.71. The molecule has 1 heterocycles. The van der Waals surface area contributed by atoms with Gasteiger partial charge in [0.25, 0.3) is 0 Å². The molecule has 1 unspecified atom stereocenters. The molecule has 1 amide bonds. The maximum absolute atomic E-state index is 11.9. The number of rotatable bonds is 5. The van der Waals surface area contributed by atoms with E-state index in [0.717, 1.165) is 19.5 Å².